The molecule has 2 rings (SSSR count). The van der Waals surface area contributed by atoms with Gasteiger partial charge in [0.05, 0.1) is 36.9 Å². The third kappa shape index (κ3) is 4.28. The second kappa shape index (κ2) is 6.67. The number of nitrogens with zero attached hydrogens (tertiary/aromatic N) is 1. The first-order chi connectivity index (χ1) is 9.48. The van der Waals surface area contributed by atoms with E-state index in [1.807, 2.05) is 42.3 Å². The Labute approximate surface area is 120 Å². The monoisotopic (exact) mass is 299 g/mol. The predicted octanol–water partition coefficient (Wildman–Crippen LogP) is 0.293. The maximum Gasteiger partial charge on any atom is 0.154 e. The molecule has 0 radical (unpaired) electrons. The Morgan fingerprint density at radius 3 is 2.60 bits per heavy atom. The van der Waals surface area contributed by atoms with Gasteiger partial charge in [-0.1, -0.05) is 30.3 Å². The van der Waals surface area contributed by atoms with Crippen molar-refractivity contribution in [3.8, 4) is 0 Å². The third-order valence-electron chi connectivity index (χ3n) is 3.56. The highest BCUT2D eigenvalue weighted by Crippen LogP contribution is 2.17. The van der Waals surface area contributed by atoms with Gasteiger partial charge in [0.2, 0.25) is 0 Å². The van der Waals surface area contributed by atoms with Crippen molar-refractivity contribution in [3.05, 3.63) is 35.9 Å². The number of aliphatic hydroxyl groups is 1. The molecule has 6 heteroatoms. The Morgan fingerprint density at radius 2 is 2.00 bits per heavy atom. The molecule has 1 aliphatic rings. The van der Waals surface area contributed by atoms with Crippen molar-refractivity contribution in [2.45, 2.75) is 18.8 Å². The fourth-order valence-electron chi connectivity index (χ4n) is 2.37. The maximum atomic E-state index is 11.5. The SMILES string of the molecule is CN(CCOCc1ccccc1)[C@@H]1CS(=O)(=O)C[C@H]1O. The van der Waals surface area contributed by atoms with Gasteiger partial charge in [0.25, 0.3) is 0 Å². The standard InChI is InChI=1S/C14H21NO4S/c1-15(13-10-20(17,18)11-14(13)16)7-8-19-9-12-5-3-2-4-6-12/h2-6,13-14,16H,7-11H2,1H3/t13-,14-/m1/s1. The average Bonchev–Trinajstić information content (AvgIpc) is 2.69. The minimum atomic E-state index is -3.10. The van der Waals surface area contributed by atoms with Crippen LogP contribution in [0.25, 0.3) is 0 Å². The summed E-state index contributed by atoms with van der Waals surface area (Å²) in [6, 6.07) is 9.56. The molecule has 5 nitrogen and oxygen atoms in total. The Hall–Kier alpha value is -0.950. The van der Waals surface area contributed by atoms with Crippen molar-refractivity contribution < 1.29 is 18.3 Å². The highest BCUT2D eigenvalue weighted by molar-refractivity contribution is 7.91. The van der Waals surface area contributed by atoms with E-state index in [-0.39, 0.29) is 17.5 Å². The van der Waals surface area contributed by atoms with Crippen LogP contribution in [-0.4, -0.2) is 62.3 Å². The number of hydrogen-bond donors (Lipinski definition) is 1. The minimum absolute atomic E-state index is 0.0311. The van der Waals surface area contributed by atoms with Crippen molar-refractivity contribution in [3.63, 3.8) is 0 Å². The summed E-state index contributed by atoms with van der Waals surface area (Å²) in [5.41, 5.74) is 1.11. The molecule has 112 valence electrons. The fourth-order valence-corrected chi connectivity index (χ4v) is 4.25. The molecule has 1 heterocycles. The minimum Gasteiger partial charge on any atom is -0.390 e. The molecule has 1 aliphatic heterocycles. The van der Waals surface area contributed by atoms with Gasteiger partial charge in [-0.3, -0.25) is 4.90 Å². The van der Waals surface area contributed by atoms with Crippen LogP contribution in [0.15, 0.2) is 30.3 Å². The lowest BCUT2D eigenvalue weighted by Crippen LogP contribution is -2.42. The number of hydrogen-bond acceptors (Lipinski definition) is 5. The Bertz CT molecular complexity index is 517. The van der Waals surface area contributed by atoms with Gasteiger partial charge in [0.1, 0.15) is 0 Å². The second-order valence-electron chi connectivity index (χ2n) is 5.23. The van der Waals surface area contributed by atoms with Crippen LogP contribution in [0.2, 0.25) is 0 Å². The quantitative estimate of drug-likeness (QED) is 0.765. The molecule has 0 bridgehead atoms. The van der Waals surface area contributed by atoms with E-state index in [0.717, 1.165) is 5.56 Å². The summed E-state index contributed by atoms with van der Waals surface area (Å²) in [6.07, 6.45) is -0.792. The van der Waals surface area contributed by atoms with Crippen LogP contribution in [-0.2, 0) is 21.2 Å². The van der Waals surface area contributed by atoms with Crippen LogP contribution < -0.4 is 0 Å². The number of rotatable bonds is 6. The van der Waals surface area contributed by atoms with Crippen LogP contribution in [0.1, 0.15) is 5.56 Å². The van der Waals surface area contributed by atoms with E-state index >= 15 is 0 Å². The molecule has 0 amide bonds. The summed E-state index contributed by atoms with van der Waals surface area (Å²) in [5, 5.41) is 9.77. The van der Waals surface area contributed by atoms with Crippen molar-refractivity contribution in [1.82, 2.24) is 4.90 Å². The Kier molecular flexibility index (Phi) is 5.15. The summed E-state index contributed by atoms with van der Waals surface area (Å²) in [7, 11) is -1.28. The van der Waals surface area contributed by atoms with Crippen LogP contribution >= 0.6 is 0 Å². The number of ether oxygens (including phenoxy) is 1. The van der Waals surface area contributed by atoms with Gasteiger partial charge in [0, 0.05) is 6.54 Å². The molecule has 1 saturated heterocycles. The molecular weight excluding hydrogens is 278 g/mol. The summed E-state index contributed by atoms with van der Waals surface area (Å²) >= 11 is 0. The lowest BCUT2D eigenvalue weighted by molar-refractivity contribution is 0.0585. The van der Waals surface area contributed by atoms with E-state index in [2.05, 4.69) is 0 Å². The van der Waals surface area contributed by atoms with Crippen LogP contribution in [0.3, 0.4) is 0 Å². The van der Waals surface area contributed by atoms with Crippen molar-refractivity contribution >= 4 is 9.84 Å². The largest absolute Gasteiger partial charge is 0.390 e. The average molecular weight is 299 g/mol. The molecular formula is C14H21NO4S. The van der Waals surface area contributed by atoms with E-state index in [1.165, 1.54) is 0 Å². The van der Waals surface area contributed by atoms with Crippen molar-refractivity contribution in [1.29, 1.82) is 0 Å². The second-order valence-corrected chi connectivity index (χ2v) is 7.38. The number of aliphatic hydroxyl groups excluding tert-OH is 1. The van der Waals surface area contributed by atoms with E-state index in [9.17, 15) is 13.5 Å². The molecule has 0 aliphatic carbocycles. The first kappa shape index (κ1) is 15.4. The normalized spacial score (nSPS) is 25.1. The summed E-state index contributed by atoms with van der Waals surface area (Å²) in [5.74, 6) is -0.101. The molecule has 1 fully saturated rings. The molecule has 0 saturated carbocycles. The maximum absolute atomic E-state index is 11.5. The molecule has 0 unspecified atom stereocenters. The van der Waals surface area contributed by atoms with Gasteiger partial charge in [-0.05, 0) is 12.6 Å². The van der Waals surface area contributed by atoms with E-state index in [4.69, 9.17) is 4.74 Å². The van der Waals surface area contributed by atoms with Crippen LogP contribution in [0.5, 0.6) is 0 Å². The molecule has 20 heavy (non-hydrogen) atoms. The number of benzene rings is 1. The first-order valence-electron chi connectivity index (χ1n) is 6.68. The predicted molar refractivity (Wildman–Crippen MR) is 77.2 cm³/mol. The van der Waals surface area contributed by atoms with Gasteiger partial charge in [0.15, 0.2) is 9.84 Å². The zero-order chi connectivity index (χ0) is 14.6. The molecule has 2 atom stereocenters. The smallest absolute Gasteiger partial charge is 0.154 e. The van der Waals surface area contributed by atoms with Crippen LogP contribution in [0, 0.1) is 0 Å². The summed E-state index contributed by atoms with van der Waals surface area (Å²) in [6.45, 7) is 1.65. The van der Waals surface area contributed by atoms with Crippen LogP contribution in [0.4, 0.5) is 0 Å². The summed E-state index contributed by atoms with van der Waals surface area (Å²) < 4.78 is 28.5. The van der Waals surface area contributed by atoms with E-state index < -0.39 is 15.9 Å². The highest BCUT2D eigenvalue weighted by atomic mass is 32.2. The lowest BCUT2D eigenvalue weighted by Gasteiger charge is -2.25. The first-order valence-corrected chi connectivity index (χ1v) is 8.50. The van der Waals surface area contributed by atoms with Gasteiger partial charge >= 0.3 is 0 Å². The van der Waals surface area contributed by atoms with Crippen molar-refractivity contribution in [2.75, 3.05) is 31.7 Å². The number of sulfone groups is 1. The fraction of sp³-hybridized carbons (Fsp3) is 0.571. The summed E-state index contributed by atoms with van der Waals surface area (Å²) in [4.78, 5) is 1.86. The molecule has 0 aromatic heterocycles. The highest BCUT2D eigenvalue weighted by Gasteiger charge is 2.38. The molecule has 1 aromatic rings. The van der Waals surface area contributed by atoms with Gasteiger partial charge in [-0.25, -0.2) is 8.42 Å². The van der Waals surface area contributed by atoms with Crippen molar-refractivity contribution in [2.24, 2.45) is 0 Å². The van der Waals surface area contributed by atoms with Gasteiger partial charge < -0.3 is 9.84 Å². The van der Waals surface area contributed by atoms with E-state index in [1.54, 1.807) is 0 Å². The van der Waals surface area contributed by atoms with Gasteiger partial charge in [-0.15, -0.1) is 0 Å². The zero-order valence-electron chi connectivity index (χ0n) is 11.6. The Balaban J connectivity index is 1.72. The topological polar surface area (TPSA) is 66.8 Å². The zero-order valence-corrected chi connectivity index (χ0v) is 12.4. The molecule has 1 aromatic carbocycles. The Morgan fingerprint density at radius 1 is 1.30 bits per heavy atom. The third-order valence-corrected chi connectivity index (χ3v) is 5.26. The van der Waals surface area contributed by atoms with Gasteiger partial charge in [-0.2, -0.15) is 0 Å². The lowest BCUT2D eigenvalue weighted by atomic mass is 10.2. The number of likely N-dealkylation sites (N-methyl/N-ethyl adjacent to an activating group) is 1. The molecule has 1 N–H and O–H groups in total. The van der Waals surface area contributed by atoms with E-state index in [0.29, 0.717) is 19.8 Å². The molecule has 0 spiro atoms.